The number of nitrogens with zero attached hydrogens (tertiary/aromatic N) is 1. The maximum Gasteiger partial charge on any atom is 0.190 e. The van der Waals surface area contributed by atoms with Crippen LogP contribution in [-0.4, -0.2) is 23.9 Å². The molecule has 5 heteroatoms. The third-order valence-electron chi connectivity index (χ3n) is 4.45. The molecule has 0 N–H and O–H groups in total. The summed E-state index contributed by atoms with van der Waals surface area (Å²) in [5.74, 6) is 0. The fourth-order valence-electron chi connectivity index (χ4n) is 2.82. The Balaban J connectivity index is 2.06. The largest absolute Gasteiger partial charge is 0.774 e. The van der Waals surface area contributed by atoms with E-state index in [1.807, 2.05) is 74.5 Å². The van der Waals surface area contributed by atoms with Crippen molar-refractivity contribution in [3.63, 3.8) is 0 Å². The van der Waals surface area contributed by atoms with Gasteiger partial charge >= 0.3 is 0 Å². The van der Waals surface area contributed by atoms with Crippen molar-refractivity contribution in [1.82, 2.24) is 0 Å². The van der Waals surface area contributed by atoms with Gasteiger partial charge in [-0.15, -0.1) is 0 Å². The van der Waals surface area contributed by atoms with Gasteiger partial charge < -0.3 is 18.5 Å². The van der Waals surface area contributed by atoms with Crippen molar-refractivity contribution in [2.75, 3.05) is 19.4 Å². The normalized spacial score (nSPS) is 14.3. The first-order valence-electron chi connectivity index (χ1n) is 8.36. The molecule has 0 aliphatic heterocycles. The standard InChI is InChI=1S/C19H26NO3P/c1-3-20(4-2,15-18-11-7-5-8-12-18)17-24(21,22)23-16-19-13-9-6-10-14-19/h5-14H,3-4,15-17H2,1-2H3. The lowest BCUT2D eigenvalue weighted by atomic mass is 10.2. The van der Waals surface area contributed by atoms with E-state index in [2.05, 4.69) is 0 Å². The van der Waals surface area contributed by atoms with Gasteiger partial charge in [0.2, 0.25) is 0 Å². The van der Waals surface area contributed by atoms with Gasteiger partial charge in [-0.3, -0.25) is 0 Å². The summed E-state index contributed by atoms with van der Waals surface area (Å²) in [6, 6.07) is 19.4. The molecule has 0 amide bonds. The molecule has 24 heavy (non-hydrogen) atoms. The van der Waals surface area contributed by atoms with Gasteiger partial charge in [-0.05, 0) is 19.4 Å². The van der Waals surface area contributed by atoms with Crippen LogP contribution in [0.2, 0.25) is 0 Å². The van der Waals surface area contributed by atoms with Crippen molar-refractivity contribution in [2.24, 2.45) is 0 Å². The van der Waals surface area contributed by atoms with Crippen molar-refractivity contribution in [3.05, 3.63) is 71.8 Å². The van der Waals surface area contributed by atoms with Gasteiger partial charge in [0, 0.05) is 5.56 Å². The zero-order chi connectivity index (χ0) is 17.5. The molecule has 2 rings (SSSR count). The highest BCUT2D eigenvalue weighted by Crippen LogP contribution is 2.41. The molecule has 0 aromatic heterocycles. The lowest BCUT2D eigenvalue weighted by Gasteiger charge is -2.41. The van der Waals surface area contributed by atoms with Gasteiger partial charge in [0.1, 0.15) is 12.8 Å². The van der Waals surface area contributed by atoms with E-state index in [-0.39, 0.29) is 12.9 Å². The minimum Gasteiger partial charge on any atom is -0.774 e. The average molecular weight is 347 g/mol. The van der Waals surface area contributed by atoms with E-state index in [1.54, 1.807) is 0 Å². The molecule has 4 nitrogen and oxygen atoms in total. The van der Waals surface area contributed by atoms with Crippen LogP contribution in [0.5, 0.6) is 0 Å². The van der Waals surface area contributed by atoms with Gasteiger partial charge in [0.25, 0.3) is 0 Å². The maximum absolute atomic E-state index is 12.5. The fraction of sp³-hybridized carbons (Fsp3) is 0.368. The van der Waals surface area contributed by atoms with Crippen molar-refractivity contribution >= 4 is 7.60 Å². The number of hydrogen-bond donors (Lipinski definition) is 0. The van der Waals surface area contributed by atoms with Crippen molar-refractivity contribution in [2.45, 2.75) is 27.0 Å². The van der Waals surface area contributed by atoms with E-state index in [0.717, 1.165) is 24.2 Å². The van der Waals surface area contributed by atoms with E-state index in [4.69, 9.17) is 4.52 Å². The summed E-state index contributed by atoms with van der Waals surface area (Å²) in [7, 11) is -3.93. The lowest BCUT2D eigenvalue weighted by Crippen LogP contribution is -2.48. The third kappa shape index (κ3) is 5.57. The lowest BCUT2D eigenvalue weighted by molar-refractivity contribution is -0.928. The summed E-state index contributed by atoms with van der Waals surface area (Å²) in [5.41, 5.74) is 2.01. The molecular formula is C19H26NO3P. The first kappa shape index (κ1) is 18.9. The Morgan fingerprint density at radius 3 is 1.92 bits per heavy atom. The number of quaternary nitrogens is 1. The molecule has 0 aliphatic rings. The minimum atomic E-state index is -3.93. The summed E-state index contributed by atoms with van der Waals surface area (Å²) in [4.78, 5) is 12.5. The van der Waals surface area contributed by atoms with Crippen LogP contribution in [0.15, 0.2) is 60.7 Å². The molecule has 0 spiro atoms. The van der Waals surface area contributed by atoms with Gasteiger partial charge in [0.15, 0.2) is 7.60 Å². The zero-order valence-electron chi connectivity index (χ0n) is 14.4. The Labute approximate surface area is 144 Å². The number of hydrogen-bond acceptors (Lipinski definition) is 3. The SMILES string of the molecule is CC[N+](CC)(Cc1ccccc1)CP(=O)([O-])OCc1ccccc1. The van der Waals surface area contributed by atoms with Gasteiger partial charge in [-0.1, -0.05) is 60.7 Å². The molecule has 2 aromatic carbocycles. The molecule has 1 unspecified atom stereocenters. The molecule has 0 fully saturated rings. The smallest absolute Gasteiger partial charge is 0.190 e. The molecule has 0 radical (unpaired) electrons. The Hall–Kier alpha value is -1.45. The molecule has 130 valence electrons. The van der Waals surface area contributed by atoms with Crippen LogP contribution >= 0.6 is 7.60 Å². The topological polar surface area (TPSA) is 49.4 Å². The van der Waals surface area contributed by atoms with Crippen LogP contribution in [0.3, 0.4) is 0 Å². The highest BCUT2D eigenvalue weighted by molar-refractivity contribution is 7.51. The van der Waals surface area contributed by atoms with E-state index < -0.39 is 7.60 Å². The van der Waals surface area contributed by atoms with E-state index in [1.165, 1.54) is 0 Å². The first-order valence-corrected chi connectivity index (χ1v) is 10.1. The van der Waals surface area contributed by atoms with Crippen LogP contribution < -0.4 is 4.89 Å². The molecule has 2 aromatic rings. The first-order chi connectivity index (χ1) is 11.5. The Morgan fingerprint density at radius 1 is 0.917 bits per heavy atom. The maximum atomic E-state index is 12.5. The van der Waals surface area contributed by atoms with Crippen molar-refractivity contribution in [3.8, 4) is 0 Å². The third-order valence-corrected chi connectivity index (χ3v) is 5.92. The van der Waals surface area contributed by atoms with Crippen LogP contribution in [0.4, 0.5) is 0 Å². The summed E-state index contributed by atoms with van der Waals surface area (Å²) in [6.07, 6.45) is 0.0156. The second kappa shape index (κ2) is 8.59. The molecule has 0 bridgehead atoms. The Bertz CT molecular complexity index is 657. The minimum absolute atomic E-state index is 0.0156. The van der Waals surface area contributed by atoms with E-state index in [9.17, 15) is 9.46 Å². The molecule has 0 heterocycles. The molecular weight excluding hydrogens is 321 g/mol. The molecule has 0 saturated carbocycles. The summed E-state index contributed by atoms with van der Waals surface area (Å²) in [6.45, 7) is 6.33. The summed E-state index contributed by atoms with van der Waals surface area (Å²) < 4.78 is 18.3. The number of benzene rings is 2. The molecule has 1 atom stereocenters. The van der Waals surface area contributed by atoms with Gasteiger partial charge in [-0.25, -0.2) is 0 Å². The summed E-state index contributed by atoms with van der Waals surface area (Å²) >= 11 is 0. The second-order valence-corrected chi connectivity index (χ2v) is 7.89. The molecule has 0 saturated heterocycles. The summed E-state index contributed by atoms with van der Waals surface area (Å²) in [5, 5.41) is 0. The van der Waals surface area contributed by atoms with E-state index in [0.29, 0.717) is 11.0 Å². The van der Waals surface area contributed by atoms with Crippen molar-refractivity contribution in [1.29, 1.82) is 0 Å². The Kier molecular flexibility index (Phi) is 6.76. The fourth-order valence-corrected chi connectivity index (χ4v) is 4.49. The van der Waals surface area contributed by atoms with Gasteiger partial charge in [0.05, 0.1) is 19.7 Å². The zero-order valence-corrected chi connectivity index (χ0v) is 15.3. The monoisotopic (exact) mass is 347 g/mol. The Morgan fingerprint density at radius 2 is 1.42 bits per heavy atom. The van der Waals surface area contributed by atoms with Crippen LogP contribution in [0.25, 0.3) is 0 Å². The predicted molar refractivity (Wildman–Crippen MR) is 95.2 cm³/mol. The van der Waals surface area contributed by atoms with Crippen molar-refractivity contribution < 1.29 is 18.5 Å². The predicted octanol–water partition coefficient (Wildman–Crippen LogP) is 3.77. The second-order valence-electron chi connectivity index (χ2n) is 6.13. The highest BCUT2D eigenvalue weighted by Gasteiger charge is 2.29. The highest BCUT2D eigenvalue weighted by atomic mass is 31.2. The average Bonchev–Trinajstić information content (AvgIpc) is 2.61. The number of rotatable bonds is 9. The molecule has 0 aliphatic carbocycles. The van der Waals surface area contributed by atoms with E-state index >= 15 is 0 Å². The van der Waals surface area contributed by atoms with Crippen LogP contribution in [0, 0.1) is 0 Å². The van der Waals surface area contributed by atoms with Gasteiger partial charge in [-0.2, -0.15) is 0 Å². The van der Waals surface area contributed by atoms with Crippen LogP contribution in [-0.2, 0) is 22.2 Å². The van der Waals surface area contributed by atoms with Crippen LogP contribution in [0.1, 0.15) is 25.0 Å². The quantitative estimate of drug-likeness (QED) is 0.512.